The highest BCUT2D eigenvalue weighted by Gasteiger charge is 2.31. The van der Waals surface area contributed by atoms with Gasteiger partial charge in [-0.3, -0.25) is 4.79 Å². The van der Waals surface area contributed by atoms with E-state index in [-0.39, 0.29) is 42.2 Å². The summed E-state index contributed by atoms with van der Waals surface area (Å²) in [6.07, 6.45) is -4.76. The van der Waals surface area contributed by atoms with Crippen molar-refractivity contribution in [1.82, 2.24) is 16.0 Å². The molecule has 6 nitrogen and oxygen atoms in total. The van der Waals surface area contributed by atoms with Gasteiger partial charge in [0.2, 0.25) is 0 Å². The van der Waals surface area contributed by atoms with Gasteiger partial charge in [-0.2, -0.15) is 0 Å². The molecule has 2 aromatic rings. The minimum atomic E-state index is -4.76. The number of nitrogens with zero attached hydrogens (tertiary/aromatic N) is 1. The monoisotopic (exact) mass is 550 g/mol. The van der Waals surface area contributed by atoms with E-state index < -0.39 is 6.36 Å². The predicted octanol–water partition coefficient (Wildman–Crippen LogP) is 4.21. The van der Waals surface area contributed by atoms with Crippen LogP contribution in [0.15, 0.2) is 53.5 Å². The molecule has 0 aliphatic rings. The smallest absolute Gasteiger partial charge is 0.405 e. The van der Waals surface area contributed by atoms with Gasteiger partial charge in [0.1, 0.15) is 5.75 Å². The molecule has 0 bridgehead atoms. The fraction of sp³-hybridized carbons (Fsp3) is 0.333. The third-order valence-electron chi connectivity index (χ3n) is 3.96. The number of benzene rings is 2. The van der Waals surface area contributed by atoms with Gasteiger partial charge in [-0.15, -0.1) is 37.1 Å². The lowest BCUT2D eigenvalue weighted by molar-refractivity contribution is -0.274. The molecular formula is C21H26F3IN4O2. The Hall–Kier alpha value is -2.50. The van der Waals surface area contributed by atoms with Crippen LogP contribution in [0, 0.1) is 0 Å². The maximum atomic E-state index is 12.6. The van der Waals surface area contributed by atoms with E-state index in [1.807, 2.05) is 26.0 Å². The quantitative estimate of drug-likeness (QED) is 0.262. The molecule has 1 amide bonds. The van der Waals surface area contributed by atoms with Crippen LogP contribution >= 0.6 is 24.0 Å². The van der Waals surface area contributed by atoms with Crippen molar-refractivity contribution in [3.63, 3.8) is 0 Å². The molecule has 2 rings (SSSR count). The summed E-state index contributed by atoms with van der Waals surface area (Å²) in [7, 11) is 0. The second-order valence-electron chi connectivity index (χ2n) is 6.26. The van der Waals surface area contributed by atoms with E-state index in [4.69, 9.17) is 0 Å². The molecule has 0 fully saturated rings. The average molecular weight is 550 g/mol. The zero-order valence-electron chi connectivity index (χ0n) is 17.3. The molecule has 2 aromatic carbocycles. The van der Waals surface area contributed by atoms with Crippen molar-refractivity contribution in [3.8, 4) is 5.75 Å². The molecule has 3 N–H and O–H groups in total. The van der Waals surface area contributed by atoms with Crippen molar-refractivity contribution in [2.24, 2.45) is 4.99 Å². The van der Waals surface area contributed by atoms with Crippen LogP contribution in [0.25, 0.3) is 0 Å². The summed E-state index contributed by atoms with van der Waals surface area (Å²) in [4.78, 5) is 16.2. The highest BCUT2D eigenvalue weighted by molar-refractivity contribution is 14.0. The number of aliphatic imine (C=N–C) groups is 1. The Kier molecular flexibility index (Phi) is 11.2. The molecule has 0 saturated heterocycles. The van der Waals surface area contributed by atoms with Crippen LogP contribution < -0.4 is 20.7 Å². The second-order valence-corrected chi connectivity index (χ2v) is 6.26. The highest BCUT2D eigenvalue weighted by Crippen LogP contribution is 2.26. The molecule has 0 aromatic heterocycles. The zero-order chi connectivity index (χ0) is 22.0. The molecule has 0 unspecified atom stereocenters. The van der Waals surface area contributed by atoms with Gasteiger partial charge in [-0.05, 0) is 37.6 Å². The summed E-state index contributed by atoms with van der Waals surface area (Å²) >= 11 is 0. The lowest BCUT2D eigenvalue weighted by Gasteiger charge is -2.15. The first-order valence-electron chi connectivity index (χ1n) is 9.55. The third-order valence-corrected chi connectivity index (χ3v) is 3.96. The first-order chi connectivity index (χ1) is 14.3. The van der Waals surface area contributed by atoms with Gasteiger partial charge in [0, 0.05) is 30.8 Å². The number of ether oxygens (including phenoxy) is 1. The van der Waals surface area contributed by atoms with Gasteiger partial charge >= 0.3 is 6.36 Å². The molecule has 31 heavy (non-hydrogen) atoms. The van der Waals surface area contributed by atoms with E-state index in [0.717, 1.165) is 5.56 Å². The molecule has 0 atom stereocenters. The van der Waals surface area contributed by atoms with E-state index in [1.54, 1.807) is 24.3 Å². The Bertz CT molecular complexity index is 858. The topological polar surface area (TPSA) is 74.8 Å². The first kappa shape index (κ1) is 26.5. The number of hydrogen-bond acceptors (Lipinski definition) is 3. The van der Waals surface area contributed by atoms with E-state index in [9.17, 15) is 18.0 Å². The Balaban J connectivity index is 0.00000480. The van der Waals surface area contributed by atoms with Gasteiger partial charge < -0.3 is 20.7 Å². The standard InChI is InChI=1S/C21H25F3N4O2.HI/c1-3-25-19(29)16-11-9-15(10-12-16)13-27-20(26-4-2)28-14-17-7-5-6-8-18(17)30-21(22,23)24;/h5-12H,3-4,13-14H2,1-2H3,(H,25,29)(H2,26,27,28);1H. The van der Waals surface area contributed by atoms with Gasteiger partial charge in [0.25, 0.3) is 5.91 Å². The number of nitrogens with one attached hydrogen (secondary N) is 3. The normalized spacial score (nSPS) is 11.3. The lowest BCUT2D eigenvalue weighted by Crippen LogP contribution is -2.37. The average Bonchev–Trinajstić information content (AvgIpc) is 2.70. The highest BCUT2D eigenvalue weighted by atomic mass is 127. The number of hydrogen-bond donors (Lipinski definition) is 3. The number of carbonyl (C=O) groups excluding carboxylic acids is 1. The van der Waals surface area contributed by atoms with E-state index in [0.29, 0.717) is 36.7 Å². The Labute approximate surface area is 196 Å². The minimum absolute atomic E-state index is 0. The Morgan fingerprint density at radius 2 is 1.61 bits per heavy atom. The molecule has 0 saturated carbocycles. The summed E-state index contributed by atoms with van der Waals surface area (Å²) < 4.78 is 41.8. The minimum Gasteiger partial charge on any atom is -0.405 e. The Morgan fingerprint density at radius 1 is 0.968 bits per heavy atom. The predicted molar refractivity (Wildman–Crippen MR) is 125 cm³/mol. The van der Waals surface area contributed by atoms with E-state index in [2.05, 4.69) is 25.7 Å². The van der Waals surface area contributed by atoms with E-state index in [1.165, 1.54) is 12.1 Å². The van der Waals surface area contributed by atoms with Crippen molar-refractivity contribution in [2.45, 2.75) is 33.3 Å². The molecular weight excluding hydrogens is 524 g/mol. The van der Waals surface area contributed by atoms with Crippen LogP contribution in [0.1, 0.15) is 35.3 Å². The maximum absolute atomic E-state index is 12.6. The van der Waals surface area contributed by atoms with Crippen molar-refractivity contribution in [3.05, 3.63) is 65.2 Å². The third kappa shape index (κ3) is 9.45. The number of guanidine groups is 1. The number of alkyl halides is 3. The summed E-state index contributed by atoms with van der Waals surface area (Å²) in [5, 5.41) is 8.79. The van der Waals surface area contributed by atoms with Crippen molar-refractivity contribution < 1.29 is 22.7 Å². The van der Waals surface area contributed by atoms with Gasteiger partial charge in [0.05, 0.1) is 6.54 Å². The SMILES string of the molecule is CCNC(=O)c1ccc(CN=C(NCC)NCc2ccccc2OC(F)(F)F)cc1.I. The van der Waals surface area contributed by atoms with Gasteiger partial charge in [-0.1, -0.05) is 30.3 Å². The summed E-state index contributed by atoms with van der Waals surface area (Å²) in [6, 6.07) is 13.0. The van der Waals surface area contributed by atoms with Crippen LogP contribution in [0.4, 0.5) is 13.2 Å². The fourth-order valence-electron chi connectivity index (χ4n) is 2.59. The summed E-state index contributed by atoms with van der Waals surface area (Å²) in [5.74, 6) is 0.0590. The lowest BCUT2D eigenvalue weighted by atomic mass is 10.1. The number of para-hydroxylation sites is 1. The largest absolute Gasteiger partial charge is 0.573 e. The van der Waals surface area contributed by atoms with E-state index >= 15 is 0 Å². The van der Waals surface area contributed by atoms with Crippen molar-refractivity contribution in [1.29, 1.82) is 0 Å². The maximum Gasteiger partial charge on any atom is 0.573 e. The van der Waals surface area contributed by atoms with Gasteiger partial charge in [0.15, 0.2) is 5.96 Å². The van der Waals surface area contributed by atoms with Crippen LogP contribution in [0.5, 0.6) is 5.75 Å². The summed E-state index contributed by atoms with van der Waals surface area (Å²) in [6.45, 7) is 5.32. The fourth-order valence-corrected chi connectivity index (χ4v) is 2.59. The van der Waals surface area contributed by atoms with Crippen LogP contribution in [0.3, 0.4) is 0 Å². The molecule has 0 spiro atoms. The zero-order valence-corrected chi connectivity index (χ0v) is 19.6. The second kappa shape index (κ2) is 13.0. The first-order valence-corrected chi connectivity index (χ1v) is 9.55. The molecule has 0 heterocycles. The number of carbonyl (C=O) groups is 1. The molecule has 10 heteroatoms. The van der Waals surface area contributed by atoms with Crippen LogP contribution in [0.2, 0.25) is 0 Å². The van der Waals surface area contributed by atoms with Crippen LogP contribution in [-0.4, -0.2) is 31.3 Å². The van der Waals surface area contributed by atoms with Gasteiger partial charge in [-0.25, -0.2) is 4.99 Å². The van der Waals surface area contributed by atoms with Crippen LogP contribution in [-0.2, 0) is 13.1 Å². The molecule has 170 valence electrons. The Morgan fingerprint density at radius 3 is 2.23 bits per heavy atom. The van der Waals surface area contributed by atoms with Crippen molar-refractivity contribution >= 4 is 35.8 Å². The summed E-state index contributed by atoms with van der Waals surface area (Å²) in [5.41, 5.74) is 1.81. The molecule has 0 radical (unpaired) electrons. The molecule has 0 aliphatic heterocycles. The number of halogens is 4. The molecule has 0 aliphatic carbocycles. The van der Waals surface area contributed by atoms with Crippen molar-refractivity contribution in [2.75, 3.05) is 13.1 Å². The number of amides is 1. The number of rotatable bonds is 8.